The zero-order valence-corrected chi connectivity index (χ0v) is 10.3. The standard InChI is InChI=1S/C13H15NOS/c1-9-5-11(15-2)3-4-13(9)10-6-12(7-14)16-8-10/h3-6,8H,7,14H2,1-2H3. The van der Waals surface area contributed by atoms with Crippen LogP contribution in [0.5, 0.6) is 5.75 Å². The van der Waals surface area contributed by atoms with Crippen molar-refractivity contribution >= 4 is 11.3 Å². The van der Waals surface area contributed by atoms with Crippen molar-refractivity contribution in [1.82, 2.24) is 0 Å². The molecule has 0 aliphatic carbocycles. The summed E-state index contributed by atoms with van der Waals surface area (Å²) in [6.07, 6.45) is 0. The molecular weight excluding hydrogens is 218 g/mol. The molecule has 16 heavy (non-hydrogen) atoms. The number of rotatable bonds is 3. The minimum Gasteiger partial charge on any atom is -0.497 e. The third-order valence-corrected chi connectivity index (χ3v) is 3.56. The molecular formula is C13H15NOS. The lowest BCUT2D eigenvalue weighted by Crippen LogP contribution is -1.91. The molecule has 0 aliphatic heterocycles. The van der Waals surface area contributed by atoms with E-state index in [4.69, 9.17) is 10.5 Å². The van der Waals surface area contributed by atoms with E-state index in [1.165, 1.54) is 21.6 Å². The molecule has 0 saturated carbocycles. The van der Waals surface area contributed by atoms with Gasteiger partial charge in [-0.2, -0.15) is 0 Å². The Balaban J connectivity index is 2.40. The minimum absolute atomic E-state index is 0.611. The van der Waals surface area contributed by atoms with Crippen molar-refractivity contribution in [2.75, 3.05) is 7.11 Å². The van der Waals surface area contributed by atoms with Gasteiger partial charge < -0.3 is 10.5 Å². The third kappa shape index (κ3) is 2.10. The molecule has 0 unspecified atom stereocenters. The van der Waals surface area contributed by atoms with Crippen molar-refractivity contribution < 1.29 is 4.74 Å². The van der Waals surface area contributed by atoms with Crippen LogP contribution in [0.2, 0.25) is 0 Å². The van der Waals surface area contributed by atoms with Crippen LogP contribution in [0.4, 0.5) is 0 Å². The highest BCUT2D eigenvalue weighted by atomic mass is 32.1. The molecule has 2 rings (SSSR count). The van der Waals surface area contributed by atoms with Gasteiger partial charge in [0.1, 0.15) is 5.75 Å². The molecule has 2 N–H and O–H groups in total. The highest BCUT2D eigenvalue weighted by molar-refractivity contribution is 7.10. The lowest BCUT2D eigenvalue weighted by Gasteiger charge is -2.06. The van der Waals surface area contributed by atoms with E-state index in [2.05, 4.69) is 30.5 Å². The Hall–Kier alpha value is -1.32. The van der Waals surface area contributed by atoms with Crippen molar-refractivity contribution in [3.63, 3.8) is 0 Å². The van der Waals surface area contributed by atoms with E-state index >= 15 is 0 Å². The molecule has 1 heterocycles. The smallest absolute Gasteiger partial charge is 0.119 e. The second-order valence-corrected chi connectivity index (χ2v) is 4.68. The maximum absolute atomic E-state index is 5.62. The van der Waals surface area contributed by atoms with Crippen LogP contribution in [0.25, 0.3) is 11.1 Å². The van der Waals surface area contributed by atoms with E-state index in [1.54, 1.807) is 18.4 Å². The molecule has 2 nitrogen and oxygen atoms in total. The molecule has 0 bridgehead atoms. The number of methoxy groups -OCH3 is 1. The van der Waals surface area contributed by atoms with Crippen molar-refractivity contribution in [2.24, 2.45) is 5.73 Å². The zero-order valence-electron chi connectivity index (χ0n) is 9.49. The minimum atomic E-state index is 0.611. The predicted molar refractivity (Wildman–Crippen MR) is 68.9 cm³/mol. The zero-order chi connectivity index (χ0) is 11.5. The van der Waals surface area contributed by atoms with Crippen molar-refractivity contribution in [2.45, 2.75) is 13.5 Å². The van der Waals surface area contributed by atoms with Crippen molar-refractivity contribution in [1.29, 1.82) is 0 Å². The largest absolute Gasteiger partial charge is 0.497 e. The van der Waals surface area contributed by atoms with Gasteiger partial charge in [0.15, 0.2) is 0 Å². The SMILES string of the molecule is COc1ccc(-c2csc(CN)c2)c(C)c1. The molecule has 1 aromatic heterocycles. The lowest BCUT2D eigenvalue weighted by atomic mass is 10.0. The van der Waals surface area contributed by atoms with Gasteiger partial charge in [-0.15, -0.1) is 11.3 Å². The number of hydrogen-bond donors (Lipinski definition) is 1. The Morgan fingerprint density at radius 2 is 2.12 bits per heavy atom. The summed E-state index contributed by atoms with van der Waals surface area (Å²) in [4.78, 5) is 1.21. The summed E-state index contributed by atoms with van der Waals surface area (Å²) in [6, 6.07) is 8.28. The lowest BCUT2D eigenvalue weighted by molar-refractivity contribution is 0.414. The number of benzene rings is 1. The molecule has 3 heteroatoms. The van der Waals surface area contributed by atoms with Crippen LogP contribution < -0.4 is 10.5 Å². The first-order valence-corrected chi connectivity index (χ1v) is 6.05. The van der Waals surface area contributed by atoms with E-state index < -0.39 is 0 Å². The fourth-order valence-electron chi connectivity index (χ4n) is 1.72. The Morgan fingerprint density at radius 1 is 1.31 bits per heavy atom. The summed E-state index contributed by atoms with van der Waals surface area (Å²) in [7, 11) is 1.69. The van der Waals surface area contributed by atoms with E-state index in [9.17, 15) is 0 Å². The second-order valence-electron chi connectivity index (χ2n) is 3.69. The van der Waals surface area contributed by atoms with Crippen LogP contribution >= 0.6 is 11.3 Å². The molecule has 0 spiro atoms. The van der Waals surface area contributed by atoms with Gasteiger partial charge in [-0.25, -0.2) is 0 Å². The maximum Gasteiger partial charge on any atom is 0.119 e. The van der Waals surface area contributed by atoms with Gasteiger partial charge in [0.25, 0.3) is 0 Å². The molecule has 1 aromatic carbocycles. The van der Waals surface area contributed by atoms with Gasteiger partial charge in [-0.05, 0) is 47.2 Å². The van der Waals surface area contributed by atoms with Gasteiger partial charge in [-0.3, -0.25) is 0 Å². The fourth-order valence-corrected chi connectivity index (χ4v) is 2.48. The summed E-state index contributed by atoms with van der Waals surface area (Å²) in [5, 5.41) is 2.15. The molecule has 0 fully saturated rings. The Labute approximate surface area is 99.7 Å². The van der Waals surface area contributed by atoms with E-state index in [0.29, 0.717) is 6.54 Å². The fraction of sp³-hybridized carbons (Fsp3) is 0.231. The second kappa shape index (κ2) is 4.68. The van der Waals surface area contributed by atoms with Gasteiger partial charge in [-0.1, -0.05) is 6.07 Å². The van der Waals surface area contributed by atoms with Crippen LogP contribution in [0, 0.1) is 6.92 Å². The number of nitrogens with two attached hydrogens (primary N) is 1. The maximum atomic E-state index is 5.62. The summed E-state index contributed by atoms with van der Waals surface area (Å²) < 4.78 is 5.19. The highest BCUT2D eigenvalue weighted by Gasteiger charge is 2.05. The highest BCUT2D eigenvalue weighted by Crippen LogP contribution is 2.30. The number of ether oxygens (including phenoxy) is 1. The monoisotopic (exact) mass is 233 g/mol. The van der Waals surface area contributed by atoms with Crippen LogP contribution in [0.15, 0.2) is 29.6 Å². The first-order chi connectivity index (χ1) is 7.74. The van der Waals surface area contributed by atoms with E-state index in [1.807, 2.05) is 6.07 Å². The van der Waals surface area contributed by atoms with E-state index in [-0.39, 0.29) is 0 Å². The van der Waals surface area contributed by atoms with Gasteiger partial charge in [0, 0.05) is 11.4 Å². The summed E-state index contributed by atoms with van der Waals surface area (Å²) >= 11 is 1.71. The normalized spacial score (nSPS) is 10.4. The van der Waals surface area contributed by atoms with Crippen LogP contribution in [-0.2, 0) is 6.54 Å². The van der Waals surface area contributed by atoms with Gasteiger partial charge in [0.2, 0.25) is 0 Å². The van der Waals surface area contributed by atoms with E-state index in [0.717, 1.165) is 5.75 Å². The number of thiophene rings is 1. The van der Waals surface area contributed by atoms with Crippen LogP contribution in [-0.4, -0.2) is 7.11 Å². The topological polar surface area (TPSA) is 35.2 Å². The summed E-state index contributed by atoms with van der Waals surface area (Å²) in [5.41, 5.74) is 9.33. The molecule has 0 atom stereocenters. The molecule has 0 radical (unpaired) electrons. The Bertz CT molecular complexity index is 490. The first kappa shape index (κ1) is 11.2. The van der Waals surface area contributed by atoms with Crippen molar-refractivity contribution in [3.8, 4) is 16.9 Å². The average molecular weight is 233 g/mol. The Morgan fingerprint density at radius 3 is 2.69 bits per heavy atom. The molecule has 0 aliphatic rings. The summed E-state index contributed by atoms with van der Waals surface area (Å²) in [6.45, 7) is 2.71. The van der Waals surface area contributed by atoms with Crippen LogP contribution in [0.3, 0.4) is 0 Å². The van der Waals surface area contributed by atoms with Crippen LogP contribution in [0.1, 0.15) is 10.4 Å². The molecule has 84 valence electrons. The number of aryl methyl sites for hydroxylation is 1. The number of hydrogen-bond acceptors (Lipinski definition) is 3. The van der Waals surface area contributed by atoms with Gasteiger partial charge >= 0.3 is 0 Å². The molecule has 0 amide bonds. The molecule has 2 aromatic rings. The quantitative estimate of drug-likeness (QED) is 0.883. The van der Waals surface area contributed by atoms with Gasteiger partial charge in [0.05, 0.1) is 7.11 Å². The van der Waals surface area contributed by atoms with Crippen molar-refractivity contribution in [3.05, 3.63) is 40.1 Å². The first-order valence-electron chi connectivity index (χ1n) is 5.17. The summed E-state index contributed by atoms with van der Waals surface area (Å²) in [5.74, 6) is 0.899. The molecule has 0 saturated heterocycles. The average Bonchev–Trinajstić information content (AvgIpc) is 2.77. The Kier molecular flexibility index (Phi) is 3.27. The third-order valence-electron chi connectivity index (χ3n) is 2.60. The predicted octanol–water partition coefficient (Wildman–Crippen LogP) is 3.19.